The van der Waals surface area contributed by atoms with Gasteiger partial charge in [0.25, 0.3) is 17.6 Å². The zero-order chi connectivity index (χ0) is 27.6. The second-order valence-electron chi connectivity index (χ2n) is 8.05. The fourth-order valence-electron chi connectivity index (χ4n) is 3.69. The molecular formula is C24H20F2N4O7S. The lowest BCUT2D eigenvalue weighted by atomic mass is 10.1. The Morgan fingerprint density at radius 1 is 1.18 bits per heavy atom. The number of pyridine rings is 1. The smallest absolute Gasteiger partial charge is 0.316 e. The quantitative estimate of drug-likeness (QED) is 0.320. The van der Waals surface area contributed by atoms with Gasteiger partial charge in [0.1, 0.15) is 23.9 Å². The number of methoxy groups -OCH3 is 1. The Labute approximate surface area is 217 Å². The van der Waals surface area contributed by atoms with E-state index in [0.29, 0.717) is 6.07 Å². The third kappa shape index (κ3) is 5.03. The zero-order valence-corrected chi connectivity index (χ0v) is 20.6. The number of ether oxygens (including phenoxy) is 1. The largest absolute Gasteiger partial charge is 0.502 e. The molecule has 0 atom stereocenters. The number of carbonyl (C=O) groups is 4. The number of benzene rings is 1. The summed E-state index contributed by atoms with van der Waals surface area (Å²) in [5, 5.41) is 15.3. The summed E-state index contributed by atoms with van der Waals surface area (Å²) in [6, 6.07) is 5.71. The van der Waals surface area contributed by atoms with Crippen LogP contribution in [0.5, 0.6) is 5.75 Å². The van der Waals surface area contributed by atoms with E-state index < -0.39 is 70.8 Å². The second kappa shape index (κ2) is 10.9. The van der Waals surface area contributed by atoms with E-state index in [9.17, 15) is 37.9 Å². The van der Waals surface area contributed by atoms with Gasteiger partial charge in [0.15, 0.2) is 11.4 Å². The van der Waals surface area contributed by atoms with Crippen molar-refractivity contribution in [3.8, 4) is 5.75 Å². The molecular weight excluding hydrogens is 526 g/mol. The van der Waals surface area contributed by atoms with E-state index in [1.165, 1.54) is 13.2 Å². The van der Waals surface area contributed by atoms with Crippen LogP contribution in [0.2, 0.25) is 0 Å². The Morgan fingerprint density at radius 2 is 1.95 bits per heavy atom. The van der Waals surface area contributed by atoms with Gasteiger partial charge in [-0.3, -0.25) is 24.0 Å². The molecule has 0 radical (unpaired) electrons. The van der Waals surface area contributed by atoms with E-state index in [1.54, 1.807) is 11.4 Å². The van der Waals surface area contributed by atoms with Gasteiger partial charge in [0.05, 0.1) is 11.5 Å². The van der Waals surface area contributed by atoms with E-state index >= 15 is 0 Å². The number of carbonyl (C=O) groups excluding carboxylic acids is 4. The van der Waals surface area contributed by atoms with Crippen LogP contribution in [-0.2, 0) is 16.1 Å². The van der Waals surface area contributed by atoms with Crippen molar-refractivity contribution < 1.29 is 37.8 Å². The third-order valence-corrected chi connectivity index (χ3v) is 6.53. The molecule has 0 aliphatic carbocycles. The fraction of sp³-hybridized carbons (Fsp3) is 0.208. The van der Waals surface area contributed by atoms with Crippen molar-refractivity contribution in [3.63, 3.8) is 0 Å². The molecule has 3 aromatic rings. The molecule has 38 heavy (non-hydrogen) atoms. The number of halogens is 2. The van der Waals surface area contributed by atoms with Crippen molar-refractivity contribution >= 4 is 34.8 Å². The van der Waals surface area contributed by atoms with Crippen molar-refractivity contribution in [1.29, 1.82) is 0 Å². The molecule has 0 unspecified atom stereocenters. The third-order valence-electron chi connectivity index (χ3n) is 5.66. The molecule has 4 rings (SSSR count). The number of nitrogens with zero attached hydrogens (tertiary/aromatic N) is 3. The number of ketones is 1. The molecule has 1 aliphatic heterocycles. The Balaban J connectivity index is 1.73. The summed E-state index contributed by atoms with van der Waals surface area (Å²) in [5.74, 6) is -6.80. The molecule has 3 heterocycles. The molecule has 1 aliphatic rings. The van der Waals surface area contributed by atoms with E-state index in [0.717, 1.165) is 44.3 Å². The zero-order valence-electron chi connectivity index (χ0n) is 19.8. The summed E-state index contributed by atoms with van der Waals surface area (Å²) in [7, 11) is 1.39. The molecule has 0 spiro atoms. The highest BCUT2D eigenvalue weighted by Crippen LogP contribution is 2.23. The minimum atomic E-state index is -1.23. The van der Waals surface area contributed by atoms with Gasteiger partial charge in [-0.25, -0.2) is 18.5 Å². The Hall–Kier alpha value is -4.43. The average Bonchev–Trinajstić information content (AvgIpc) is 3.43. The predicted octanol–water partition coefficient (Wildman–Crippen LogP) is 1.23. The van der Waals surface area contributed by atoms with Crippen LogP contribution in [0, 0.1) is 11.6 Å². The molecule has 0 bridgehead atoms. The average molecular weight is 547 g/mol. The number of hydrogen-bond donors (Lipinski definition) is 2. The van der Waals surface area contributed by atoms with Gasteiger partial charge < -0.3 is 20.1 Å². The van der Waals surface area contributed by atoms with Gasteiger partial charge in [-0.05, 0) is 17.5 Å². The summed E-state index contributed by atoms with van der Waals surface area (Å²) >= 11 is 1.02. The number of rotatable bonds is 8. The van der Waals surface area contributed by atoms with Gasteiger partial charge in [0.2, 0.25) is 5.43 Å². The Bertz CT molecular complexity index is 1490. The first-order chi connectivity index (χ1) is 18.1. The number of amides is 3. The summed E-state index contributed by atoms with van der Waals surface area (Å²) in [6.07, 6.45) is 0.846. The van der Waals surface area contributed by atoms with Crippen LogP contribution in [0.15, 0.2) is 46.7 Å². The number of hydrogen-bond acceptors (Lipinski definition) is 8. The first kappa shape index (κ1) is 26.6. The number of aromatic hydroxyl groups is 1. The van der Waals surface area contributed by atoms with Gasteiger partial charge in [0, 0.05) is 38.0 Å². The van der Waals surface area contributed by atoms with E-state index in [2.05, 4.69) is 5.32 Å². The van der Waals surface area contributed by atoms with Crippen molar-refractivity contribution in [3.05, 3.63) is 85.5 Å². The topological polar surface area (TPSA) is 138 Å². The molecule has 3 amide bonds. The van der Waals surface area contributed by atoms with Gasteiger partial charge in [-0.1, -0.05) is 12.1 Å². The maximum absolute atomic E-state index is 13.9. The van der Waals surface area contributed by atoms with E-state index in [1.807, 2.05) is 0 Å². The number of aromatic nitrogens is 1. The molecule has 2 aromatic heterocycles. The summed E-state index contributed by atoms with van der Waals surface area (Å²) in [5.41, 5.74) is -2.63. The first-order valence-electron chi connectivity index (χ1n) is 11.0. The van der Waals surface area contributed by atoms with E-state index in [4.69, 9.17) is 4.74 Å². The summed E-state index contributed by atoms with van der Waals surface area (Å²) < 4.78 is 32.9. The predicted molar refractivity (Wildman–Crippen MR) is 130 cm³/mol. The molecule has 11 nitrogen and oxygen atoms in total. The lowest BCUT2D eigenvalue weighted by Crippen LogP contribution is -2.58. The van der Waals surface area contributed by atoms with Crippen LogP contribution in [-0.4, -0.2) is 65.1 Å². The van der Waals surface area contributed by atoms with Crippen molar-refractivity contribution in [2.75, 3.05) is 31.9 Å². The first-order valence-corrected chi connectivity index (χ1v) is 11.9. The van der Waals surface area contributed by atoms with Crippen LogP contribution in [0.4, 0.5) is 8.78 Å². The minimum Gasteiger partial charge on any atom is -0.502 e. The van der Waals surface area contributed by atoms with Crippen molar-refractivity contribution in [2.24, 2.45) is 0 Å². The Morgan fingerprint density at radius 3 is 2.61 bits per heavy atom. The highest BCUT2D eigenvalue weighted by molar-refractivity contribution is 7.13. The standard InChI is InChI=1S/C24H20F2N4O7S/c1-37-7-6-28-12-30(24(36)20(32)17-3-2-8-38-17)29-11-15(19(31)21(33)18(29)23(28)35)22(34)27-10-13-4-5-14(25)9-16(13)26/h2-5,8-9,11,33H,6-7,10,12H2,1H3,(H,27,34). The number of thiophene rings is 1. The van der Waals surface area contributed by atoms with Crippen LogP contribution >= 0.6 is 11.3 Å². The summed E-state index contributed by atoms with van der Waals surface area (Å²) in [6.45, 7) is -0.866. The van der Waals surface area contributed by atoms with E-state index in [-0.39, 0.29) is 23.6 Å². The van der Waals surface area contributed by atoms with Gasteiger partial charge in [-0.2, -0.15) is 0 Å². The molecule has 0 saturated heterocycles. The molecule has 0 saturated carbocycles. The normalized spacial score (nSPS) is 12.9. The molecule has 14 heteroatoms. The van der Waals surface area contributed by atoms with Gasteiger partial charge in [-0.15, -0.1) is 11.3 Å². The lowest BCUT2D eigenvalue weighted by Gasteiger charge is -2.37. The lowest BCUT2D eigenvalue weighted by molar-refractivity contribution is -0.116. The Kier molecular flexibility index (Phi) is 7.64. The SMILES string of the molecule is COCCN1CN(C(=O)C(=O)c2cccs2)n2cc(C(=O)NCc3ccc(F)cc3F)c(=O)c(O)c2C1=O. The number of Topliss-reactive ketones (excluding diaryl/α,β-unsaturated/α-hetero) is 1. The van der Waals surface area contributed by atoms with Crippen molar-refractivity contribution in [1.82, 2.24) is 14.9 Å². The number of fused-ring (bicyclic) bond motifs is 1. The minimum absolute atomic E-state index is 0.0363. The van der Waals surface area contributed by atoms with Crippen LogP contribution in [0.25, 0.3) is 0 Å². The van der Waals surface area contributed by atoms with Crippen LogP contribution < -0.4 is 15.8 Å². The second-order valence-corrected chi connectivity index (χ2v) is 8.99. The highest BCUT2D eigenvalue weighted by atomic mass is 32.1. The summed E-state index contributed by atoms with van der Waals surface area (Å²) in [4.78, 5) is 66.0. The maximum atomic E-state index is 13.9. The molecule has 198 valence electrons. The highest BCUT2D eigenvalue weighted by Gasteiger charge is 2.38. The van der Waals surface area contributed by atoms with Crippen LogP contribution in [0.1, 0.15) is 36.1 Å². The molecule has 2 N–H and O–H groups in total. The van der Waals surface area contributed by atoms with Gasteiger partial charge >= 0.3 is 5.91 Å². The molecule has 0 fully saturated rings. The fourth-order valence-corrected chi connectivity index (χ4v) is 4.34. The molecule has 1 aromatic carbocycles. The number of nitrogens with one attached hydrogen (secondary N) is 1. The maximum Gasteiger partial charge on any atom is 0.316 e. The monoisotopic (exact) mass is 546 g/mol. The van der Waals surface area contributed by atoms with Crippen molar-refractivity contribution in [2.45, 2.75) is 6.54 Å². The van der Waals surface area contributed by atoms with Crippen LogP contribution in [0.3, 0.4) is 0 Å².